The number of carbonyl (C=O) groups is 2. The van der Waals surface area contributed by atoms with E-state index in [9.17, 15) is 14.7 Å². The van der Waals surface area contributed by atoms with Gasteiger partial charge in [0.2, 0.25) is 0 Å². The molecule has 1 N–H and O–H groups in total. The second-order valence-electron chi connectivity index (χ2n) is 7.05. The Kier molecular flexibility index (Phi) is 4.69. The number of rotatable bonds is 2. The minimum absolute atomic E-state index is 0.163. The lowest BCUT2D eigenvalue weighted by atomic mass is 9.89. The molecule has 1 aliphatic heterocycles. The van der Waals surface area contributed by atoms with E-state index in [2.05, 4.69) is 0 Å². The molecule has 0 aromatic rings. The minimum atomic E-state index is -0.769. The standard InChI is InChI=1S/C14H25NO5/c1-13(2,3)19-11(17)10-9(8-16)7-15(10)12(18)20-14(4,5)6/h9-10,16H,7-8H2,1-6H3. The van der Waals surface area contributed by atoms with Crippen LogP contribution in [0.15, 0.2) is 0 Å². The quantitative estimate of drug-likeness (QED) is 0.780. The van der Waals surface area contributed by atoms with Gasteiger partial charge in [0.25, 0.3) is 0 Å². The second kappa shape index (κ2) is 5.60. The van der Waals surface area contributed by atoms with Gasteiger partial charge in [0, 0.05) is 12.5 Å². The van der Waals surface area contributed by atoms with E-state index < -0.39 is 29.3 Å². The summed E-state index contributed by atoms with van der Waals surface area (Å²) < 4.78 is 10.5. The fourth-order valence-corrected chi connectivity index (χ4v) is 1.93. The molecule has 6 nitrogen and oxygen atoms in total. The van der Waals surface area contributed by atoms with Crippen LogP contribution in [0.5, 0.6) is 0 Å². The van der Waals surface area contributed by atoms with Gasteiger partial charge in [-0.2, -0.15) is 0 Å². The zero-order chi connectivity index (χ0) is 15.7. The molecular weight excluding hydrogens is 262 g/mol. The van der Waals surface area contributed by atoms with Gasteiger partial charge in [-0.25, -0.2) is 9.59 Å². The van der Waals surface area contributed by atoms with Crippen LogP contribution in [0.4, 0.5) is 4.79 Å². The Labute approximate surface area is 120 Å². The van der Waals surface area contributed by atoms with Crippen LogP contribution in [0.2, 0.25) is 0 Å². The Morgan fingerprint density at radius 3 is 2.00 bits per heavy atom. The van der Waals surface area contributed by atoms with Gasteiger partial charge in [0.15, 0.2) is 0 Å². The van der Waals surface area contributed by atoms with E-state index in [-0.39, 0.29) is 12.5 Å². The molecule has 1 fully saturated rings. The Bertz CT molecular complexity index is 380. The Hall–Kier alpha value is -1.30. The lowest BCUT2D eigenvalue weighted by molar-refractivity contribution is -0.172. The number of hydrogen-bond acceptors (Lipinski definition) is 5. The fourth-order valence-electron chi connectivity index (χ4n) is 1.93. The first kappa shape index (κ1) is 16.8. The van der Waals surface area contributed by atoms with Gasteiger partial charge in [-0.1, -0.05) is 0 Å². The first-order chi connectivity index (χ1) is 8.94. The van der Waals surface area contributed by atoms with Gasteiger partial charge < -0.3 is 14.6 Å². The van der Waals surface area contributed by atoms with Gasteiger partial charge in [-0.3, -0.25) is 4.90 Å². The zero-order valence-electron chi connectivity index (χ0n) is 13.1. The van der Waals surface area contributed by atoms with E-state index >= 15 is 0 Å². The molecule has 1 amide bonds. The highest BCUT2D eigenvalue weighted by atomic mass is 16.6. The van der Waals surface area contributed by atoms with E-state index in [1.807, 2.05) is 0 Å². The van der Waals surface area contributed by atoms with Crippen LogP contribution in [0, 0.1) is 5.92 Å². The lowest BCUT2D eigenvalue weighted by Gasteiger charge is -2.46. The van der Waals surface area contributed by atoms with E-state index in [4.69, 9.17) is 9.47 Å². The molecule has 116 valence electrons. The molecule has 0 spiro atoms. The number of nitrogens with zero attached hydrogens (tertiary/aromatic N) is 1. The molecule has 0 aromatic carbocycles. The summed E-state index contributed by atoms with van der Waals surface area (Å²) in [4.78, 5) is 25.4. The molecule has 1 rings (SSSR count). The highest BCUT2D eigenvalue weighted by Gasteiger charge is 2.49. The molecular formula is C14H25NO5. The van der Waals surface area contributed by atoms with Crippen LogP contribution >= 0.6 is 0 Å². The molecule has 1 aliphatic rings. The molecule has 0 aromatic heterocycles. The highest BCUT2D eigenvalue weighted by molar-refractivity contribution is 5.84. The number of aliphatic hydroxyl groups is 1. The number of esters is 1. The fraction of sp³-hybridized carbons (Fsp3) is 0.857. The summed E-state index contributed by atoms with van der Waals surface area (Å²) in [6, 6.07) is -0.769. The van der Waals surface area contributed by atoms with Crippen molar-refractivity contribution in [2.24, 2.45) is 5.92 Å². The molecule has 6 heteroatoms. The lowest BCUT2D eigenvalue weighted by Crippen LogP contribution is -2.64. The van der Waals surface area contributed by atoms with Crippen LogP contribution in [0.1, 0.15) is 41.5 Å². The van der Waals surface area contributed by atoms with Gasteiger partial charge in [-0.05, 0) is 41.5 Å². The molecule has 0 aliphatic carbocycles. The van der Waals surface area contributed by atoms with Crippen molar-refractivity contribution in [3.05, 3.63) is 0 Å². The number of likely N-dealkylation sites (tertiary alicyclic amines) is 1. The smallest absolute Gasteiger partial charge is 0.411 e. The van der Waals surface area contributed by atoms with E-state index in [0.29, 0.717) is 6.54 Å². The Balaban J connectivity index is 2.74. The largest absolute Gasteiger partial charge is 0.458 e. The van der Waals surface area contributed by atoms with Crippen LogP contribution in [0.25, 0.3) is 0 Å². The predicted octanol–water partition coefficient (Wildman–Crippen LogP) is 1.56. The van der Waals surface area contributed by atoms with Crippen LogP contribution in [0.3, 0.4) is 0 Å². The molecule has 0 bridgehead atoms. The minimum Gasteiger partial charge on any atom is -0.458 e. The number of carbonyl (C=O) groups excluding carboxylic acids is 2. The zero-order valence-corrected chi connectivity index (χ0v) is 13.1. The van der Waals surface area contributed by atoms with Crippen molar-refractivity contribution in [1.82, 2.24) is 4.90 Å². The third kappa shape index (κ3) is 4.37. The molecule has 1 heterocycles. The van der Waals surface area contributed by atoms with Crippen molar-refractivity contribution in [3.8, 4) is 0 Å². The number of amides is 1. The van der Waals surface area contributed by atoms with E-state index in [0.717, 1.165) is 0 Å². The van der Waals surface area contributed by atoms with Gasteiger partial charge >= 0.3 is 12.1 Å². The molecule has 2 unspecified atom stereocenters. The van der Waals surface area contributed by atoms with E-state index in [1.54, 1.807) is 41.5 Å². The van der Waals surface area contributed by atoms with Crippen molar-refractivity contribution >= 4 is 12.1 Å². The monoisotopic (exact) mass is 287 g/mol. The Morgan fingerprint density at radius 1 is 1.10 bits per heavy atom. The molecule has 1 saturated heterocycles. The average Bonchev–Trinajstić information content (AvgIpc) is 2.09. The normalized spacial score (nSPS) is 23.1. The first-order valence-electron chi connectivity index (χ1n) is 6.78. The molecule has 20 heavy (non-hydrogen) atoms. The van der Waals surface area contributed by atoms with Crippen molar-refractivity contribution in [1.29, 1.82) is 0 Å². The van der Waals surface area contributed by atoms with Crippen LogP contribution < -0.4 is 0 Å². The van der Waals surface area contributed by atoms with Crippen molar-refractivity contribution < 1.29 is 24.2 Å². The number of hydrogen-bond donors (Lipinski definition) is 1. The van der Waals surface area contributed by atoms with Crippen LogP contribution in [-0.4, -0.2) is 52.5 Å². The Morgan fingerprint density at radius 2 is 1.60 bits per heavy atom. The maximum absolute atomic E-state index is 12.1. The summed E-state index contributed by atoms with van der Waals surface area (Å²) in [5.74, 6) is -0.800. The third-order valence-corrected chi connectivity index (χ3v) is 2.72. The first-order valence-corrected chi connectivity index (χ1v) is 6.78. The van der Waals surface area contributed by atoms with Crippen molar-refractivity contribution in [2.75, 3.05) is 13.2 Å². The number of ether oxygens (including phenoxy) is 2. The van der Waals surface area contributed by atoms with Gasteiger partial charge in [0.1, 0.15) is 17.2 Å². The average molecular weight is 287 g/mol. The topological polar surface area (TPSA) is 76.1 Å². The SMILES string of the molecule is CC(C)(C)OC(=O)C1C(CO)CN1C(=O)OC(C)(C)C. The molecule has 0 radical (unpaired) electrons. The predicted molar refractivity (Wildman–Crippen MR) is 73.1 cm³/mol. The van der Waals surface area contributed by atoms with Gasteiger partial charge in [0.05, 0.1) is 6.61 Å². The van der Waals surface area contributed by atoms with Gasteiger partial charge in [-0.15, -0.1) is 0 Å². The summed E-state index contributed by atoms with van der Waals surface area (Å²) in [6.07, 6.45) is -0.557. The van der Waals surface area contributed by atoms with E-state index in [1.165, 1.54) is 4.90 Å². The van der Waals surface area contributed by atoms with Crippen molar-refractivity contribution in [3.63, 3.8) is 0 Å². The van der Waals surface area contributed by atoms with Crippen LogP contribution in [-0.2, 0) is 14.3 Å². The molecule has 2 atom stereocenters. The highest BCUT2D eigenvalue weighted by Crippen LogP contribution is 2.29. The second-order valence-corrected chi connectivity index (χ2v) is 7.05. The van der Waals surface area contributed by atoms with Crippen molar-refractivity contribution in [2.45, 2.75) is 58.8 Å². The third-order valence-electron chi connectivity index (χ3n) is 2.72. The summed E-state index contributed by atoms with van der Waals surface area (Å²) in [5.41, 5.74) is -1.26. The summed E-state index contributed by atoms with van der Waals surface area (Å²) in [5, 5.41) is 9.25. The maximum atomic E-state index is 12.1. The molecule has 0 saturated carbocycles. The summed E-state index contributed by atoms with van der Waals surface area (Å²) in [7, 11) is 0. The summed E-state index contributed by atoms with van der Waals surface area (Å²) >= 11 is 0. The number of aliphatic hydroxyl groups excluding tert-OH is 1. The summed E-state index contributed by atoms with van der Waals surface area (Å²) in [6.45, 7) is 10.7. The maximum Gasteiger partial charge on any atom is 0.411 e.